The zero-order valence-electron chi connectivity index (χ0n) is 11.5. The number of nitrogens with zero attached hydrogens (tertiary/aromatic N) is 1. The minimum atomic E-state index is -0.422. The van der Waals surface area contributed by atoms with Gasteiger partial charge in [-0.05, 0) is 36.8 Å². The fraction of sp³-hybridized carbons (Fsp3) is 0.200. The van der Waals surface area contributed by atoms with Gasteiger partial charge in [0.25, 0.3) is 5.69 Å². The lowest BCUT2D eigenvalue weighted by atomic mass is 10.0. The quantitative estimate of drug-likeness (QED) is 0.632. The van der Waals surface area contributed by atoms with Crippen molar-refractivity contribution < 1.29 is 14.4 Å². The predicted octanol–water partition coefficient (Wildman–Crippen LogP) is 3.39. The van der Waals surface area contributed by atoms with Crippen LogP contribution in [-0.2, 0) is 0 Å². The van der Waals surface area contributed by atoms with E-state index in [2.05, 4.69) is 6.07 Å². The van der Waals surface area contributed by atoms with Crippen LogP contribution in [0.25, 0.3) is 11.1 Å². The summed E-state index contributed by atoms with van der Waals surface area (Å²) in [6, 6.07) is 11.1. The number of rotatable bonds is 4. The highest BCUT2D eigenvalue weighted by molar-refractivity contribution is 5.79. The molecule has 0 fully saturated rings. The number of benzene rings is 2. The fourth-order valence-corrected chi connectivity index (χ4v) is 1.98. The molecule has 5 nitrogen and oxygen atoms in total. The van der Waals surface area contributed by atoms with Crippen molar-refractivity contribution in [2.75, 3.05) is 14.2 Å². The number of aryl methyl sites for hydroxylation is 1. The first-order chi connectivity index (χ1) is 9.56. The van der Waals surface area contributed by atoms with E-state index in [1.165, 1.54) is 13.2 Å². The Bertz CT molecular complexity index is 652. The van der Waals surface area contributed by atoms with Crippen molar-refractivity contribution >= 4 is 5.69 Å². The Kier molecular flexibility index (Phi) is 3.89. The van der Waals surface area contributed by atoms with Crippen LogP contribution in [0.3, 0.4) is 0 Å². The van der Waals surface area contributed by atoms with Gasteiger partial charge in [-0.15, -0.1) is 0 Å². The van der Waals surface area contributed by atoms with Crippen LogP contribution in [0.5, 0.6) is 11.5 Å². The average molecular weight is 272 g/mol. The van der Waals surface area contributed by atoms with Crippen LogP contribution in [0.4, 0.5) is 5.69 Å². The lowest BCUT2D eigenvalue weighted by Crippen LogP contribution is -1.95. The van der Waals surface area contributed by atoms with Crippen LogP contribution in [-0.4, -0.2) is 19.1 Å². The van der Waals surface area contributed by atoms with Gasteiger partial charge in [-0.3, -0.25) is 10.1 Å². The normalized spacial score (nSPS) is 10.2. The Balaban J connectivity index is 2.67. The van der Waals surface area contributed by atoms with Gasteiger partial charge in [-0.1, -0.05) is 0 Å². The minimum absolute atomic E-state index is 0.000864. The lowest BCUT2D eigenvalue weighted by molar-refractivity contribution is -0.384. The molecule has 0 aliphatic heterocycles. The van der Waals surface area contributed by atoms with Crippen molar-refractivity contribution in [2.24, 2.45) is 0 Å². The van der Waals surface area contributed by atoms with Gasteiger partial charge >= 0.3 is 0 Å². The van der Waals surface area contributed by atoms with E-state index >= 15 is 0 Å². The molecule has 0 unspecified atom stereocenters. The summed E-state index contributed by atoms with van der Waals surface area (Å²) in [4.78, 5) is 10.7. The molecular weight excluding hydrogens is 258 g/mol. The molecule has 0 atom stereocenters. The summed E-state index contributed by atoms with van der Waals surface area (Å²) in [5, 5.41) is 11.1. The number of nitro benzene ring substituents is 1. The van der Waals surface area contributed by atoms with E-state index < -0.39 is 4.92 Å². The van der Waals surface area contributed by atoms with E-state index in [0.29, 0.717) is 22.6 Å². The van der Waals surface area contributed by atoms with Crippen LogP contribution < -0.4 is 9.47 Å². The van der Waals surface area contributed by atoms with Gasteiger partial charge in [0.05, 0.1) is 24.7 Å². The Hall–Kier alpha value is -2.56. The van der Waals surface area contributed by atoms with Crippen molar-refractivity contribution in [1.82, 2.24) is 0 Å². The topological polar surface area (TPSA) is 61.6 Å². The van der Waals surface area contributed by atoms with Crippen molar-refractivity contribution in [2.45, 2.75) is 6.92 Å². The van der Waals surface area contributed by atoms with Crippen LogP contribution in [0, 0.1) is 23.1 Å². The predicted molar refractivity (Wildman–Crippen MR) is 75.2 cm³/mol. The number of ether oxygens (including phenoxy) is 2. The second-order valence-corrected chi connectivity index (χ2v) is 4.24. The molecule has 2 rings (SSSR count). The third-order valence-electron chi connectivity index (χ3n) is 2.97. The molecule has 0 aliphatic rings. The highest BCUT2D eigenvalue weighted by atomic mass is 16.6. The third-order valence-corrected chi connectivity index (χ3v) is 2.97. The lowest BCUT2D eigenvalue weighted by Gasteiger charge is -2.11. The smallest absolute Gasteiger partial charge is 0.277 e. The molecule has 1 radical (unpaired) electrons. The molecule has 2 aromatic carbocycles. The third kappa shape index (κ3) is 2.56. The highest BCUT2D eigenvalue weighted by Gasteiger charge is 2.18. The zero-order valence-corrected chi connectivity index (χ0v) is 11.5. The molecule has 0 bridgehead atoms. The van der Waals surface area contributed by atoms with E-state index in [1.54, 1.807) is 31.4 Å². The molecule has 0 spiro atoms. The average Bonchev–Trinajstić information content (AvgIpc) is 2.46. The summed E-state index contributed by atoms with van der Waals surface area (Å²) in [6.45, 7) is 1.84. The van der Waals surface area contributed by atoms with Gasteiger partial charge < -0.3 is 9.47 Å². The molecule has 0 aliphatic carbocycles. The minimum Gasteiger partial charge on any atom is -0.497 e. The summed E-state index contributed by atoms with van der Waals surface area (Å²) < 4.78 is 10.4. The summed E-state index contributed by atoms with van der Waals surface area (Å²) >= 11 is 0. The fourth-order valence-electron chi connectivity index (χ4n) is 1.98. The second kappa shape index (κ2) is 5.61. The maximum atomic E-state index is 11.1. The summed E-state index contributed by atoms with van der Waals surface area (Å²) in [5.41, 5.74) is 1.98. The van der Waals surface area contributed by atoms with E-state index in [4.69, 9.17) is 9.47 Å². The van der Waals surface area contributed by atoms with Crippen LogP contribution in [0.1, 0.15) is 5.56 Å². The molecule has 0 aromatic heterocycles. The van der Waals surface area contributed by atoms with Gasteiger partial charge in [-0.2, -0.15) is 0 Å². The summed E-state index contributed by atoms with van der Waals surface area (Å²) in [5.74, 6) is 1.16. The summed E-state index contributed by atoms with van der Waals surface area (Å²) in [6.07, 6.45) is 0. The maximum Gasteiger partial charge on any atom is 0.277 e. The largest absolute Gasteiger partial charge is 0.497 e. The molecule has 0 N–H and O–H groups in total. The molecule has 2 aromatic rings. The summed E-state index contributed by atoms with van der Waals surface area (Å²) in [7, 11) is 3.07. The van der Waals surface area contributed by atoms with E-state index in [-0.39, 0.29) is 5.69 Å². The second-order valence-electron chi connectivity index (χ2n) is 4.24. The molecule has 0 saturated heterocycles. The molecule has 0 heterocycles. The van der Waals surface area contributed by atoms with Gasteiger partial charge in [0, 0.05) is 17.7 Å². The highest BCUT2D eigenvalue weighted by Crippen LogP contribution is 2.38. The Morgan fingerprint density at radius 1 is 1.15 bits per heavy atom. The first kappa shape index (κ1) is 13.9. The zero-order chi connectivity index (χ0) is 14.7. The van der Waals surface area contributed by atoms with Gasteiger partial charge in [-0.25, -0.2) is 0 Å². The van der Waals surface area contributed by atoms with Gasteiger partial charge in [0.15, 0.2) is 0 Å². The number of nitro groups is 1. The Morgan fingerprint density at radius 2 is 1.90 bits per heavy atom. The molecule has 5 heteroatoms. The van der Waals surface area contributed by atoms with Gasteiger partial charge in [0.1, 0.15) is 11.5 Å². The van der Waals surface area contributed by atoms with Crippen molar-refractivity contribution in [3.63, 3.8) is 0 Å². The van der Waals surface area contributed by atoms with Crippen molar-refractivity contribution in [3.05, 3.63) is 52.1 Å². The molecular formula is C15H14NO4. The number of hydrogen-bond acceptors (Lipinski definition) is 4. The van der Waals surface area contributed by atoms with E-state index in [0.717, 1.165) is 5.56 Å². The van der Waals surface area contributed by atoms with E-state index in [1.807, 2.05) is 6.92 Å². The number of methoxy groups -OCH3 is 2. The monoisotopic (exact) mass is 272 g/mol. The maximum absolute atomic E-state index is 11.1. The molecule has 103 valence electrons. The van der Waals surface area contributed by atoms with Gasteiger partial charge in [0.2, 0.25) is 0 Å². The van der Waals surface area contributed by atoms with Crippen molar-refractivity contribution in [1.29, 1.82) is 0 Å². The van der Waals surface area contributed by atoms with Crippen LogP contribution >= 0.6 is 0 Å². The van der Waals surface area contributed by atoms with E-state index in [9.17, 15) is 10.1 Å². The first-order valence-electron chi connectivity index (χ1n) is 5.96. The van der Waals surface area contributed by atoms with Crippen LogP contribution in [0.2, 0.25) is 0 Å². The molecule has 0 saturated carbocycles. The standard InChI is InChI=1S/C15H14NO4/c1-10-4-7-14(16(17)18)13(8-10)12-6-5-11(19-2)9-15(12)20-3/h5-9H,1-3H3. The SMILES string of the molecule is COc1ccc(-c2cc(C)[c]cc2[N+](=O)[O-])c(OC)c1. The molecule has 20 heavy (non-hydrogen) atoms. The molecule has 0 amide bonds. The first-order valence-corrected chi connectivity index (χ1v) is 5.96. The Morgan fingerprint density at radius 3 is 2.50 bits per heavy atom. The number of hydrogen-bond donors (Lipinski definition) is 0. The van der Waals surface area contributed by atoms with Crippen molar-refractivity contribution in [3.8, 4) is 22.6 Å². The van der Waals surface area contributed by atoms with Crippen LogP contribution in [0.15, 0.2) is 30.3 Å². The Labute approximate surface area is 116 Å².